The van der Waals surface area contributed by atoms with Gasteiger partial charge < -0.3 is 0 Å². The van der Waals surface area contributed by atoms with E-state index in [1.54, 1.807) is 0 Å². The van der Waals surface area contributed by atoms with E-state index < -0.39 is 0 Å². The summed E-state index contributed by atoms with van der Waals surface area (Å²) >= 11 is 0. The Hall–Kier alpha value is -6.76. The molecule has 0 heteroatoms. The standard InChI is InChI=1S/C55H38/c1-55(2)50-24-14-13-21-43(50)47-31-28-40-33-38(26-29-42(40)54(47)55)39-27-30-46(49(34-39)35-15-5-3-6-16-35)52-45-23-12-11-22-44(45)51(37-18-7-4-8-19-37)53-41-20-10-9-17-36(41)25-32-48(52)53/h3-34H,1-2H3. The molecule has 0 bridgehead atoms. The fourth-order valence-electron chi connectivity index (χ4n) is 9.75. The Morgan fingerprint density at radius 3 is 1.69 bits per heavy atom. The fourth-order valence-corrected chi connectivity index (χ4v) is 9.75. The zero-order valence-electron chi connectivity index (χ0n) is 31.0. The van der Waals surface area contributed by atoms with Crippen LogP contribution in [0.5, 0.6) is 0 Å². The zero-order chi connectivity index (χ0) is 36.7. The summed E-state index contributed by atoms with van der Waals surface area (Å²) in [5.74, 6) is 0. The van der Waals surface area contributed by atoms with E-state index in [1.807, 2.05) is 0 Å². The second-order valence-electron chi connectivity index (χ2n) is 15.6. The molecule has 11 rings (SSSR count). The maximum atomic E-state index is 2.42. The molecular formula is C55H38. The molecule has 0 saturated carbocycles. The average molecular weight is 699 g/mol. The summed E-state index contributed by atoms with van der Waals surface area (Å²) in [4.78, 5) is 0. The van der Waals surface area contributed by atoms with Crippen LogP contribution in [0.4, 0.5) is 0 Å². The van der Waals surface area contributed by atoms with Crippen LogP contribution in [0, 0.1) is 0 Å². The monoisotopic (exact) mass is 698 g/mol. The highest BCUT2D eigenvalue weighted by Gasteiger charge is 2.36. The molecule has 55 heavy (non-hydrogen) atoms. The van der Waals surface area contributed by atoms with Crippen molar-refractivity contribution in [3.8, 4) is 55.6 Å². The molecule has 258 valence electrons. The molecule has 1 aliphatic rings. The Kier molecular flexibility index (Phi) is 7.00. The molecule has 0 radical (unpaired) electrons. The molecule has 0 N–H and O–H groups in total. The quantitative estimate of drug-likeness (QED) is 0.127. The first-order valence-electron chi connectivity index (χ1n) is 19.4. The van der Waals surface area contributed by atoms with E-state index in [0.717, 1.165) is 0 Å². The lowest BCUT2D eigenvalue weighted by atomic mass is 9.80. The molecule has 0 nitrogen and oxygen atoms in total. The first kappa shape index (κ1) is 31.7. The fraction of sp³-hybridized carbons (Fsp3) is 0.0545. The van der Waals surface area contributed by atoms with Gasteiger partial charge in [0.15, 0.2) is 0 Å². The minimum absolute atomic E-state index is 0.0536. The van der Waals surface area contributed by atoms with Gasteiger partial charge in [-0.25, -0.2) is 0 Å². The van der Waals surface area contributed by atoms with Gasteiger partial charge in [0.25, 0.3) is 0 Å². The zero-order valence-corrected chi connectivity index (χ0v) is 31.0. The van der Waals surface area contributed by atoms with Crippen molar-refractivity contribution in [1.82, 2.24) is 0 Å². The van der Waals surface area contributed by atoms with Gasteiger partial charge in [0.1, 0.15) is 0 Å². The highest BCUT2D eigenvalue weighted by molar-refractivity contribution is 6.28. The van der Waals surface area contributed by atoms with Crippen molar-refractivity contribution in [2.45, 2.75) is 19.3 Å². The van der Waals surface area contributed by atoms with Gasteiger partial charge in [0.2, 0.25) is 0 Å². The summed E-state index contributed by atoms with van der Waals surface area (Å²) in [6, 6.07) is 72.2. The number of fused-ring (bicyclic) bond motifs is 9. The Morgan fingerprint density at radius 1 is 0.309 bits per heavy atom. The predicted molar refractivity (Wildman–Crippen MR) is 236 cm³/mol. The van der Waals surface area contributed by atoms with Gasteiger partial charge in [-0.1, -0.05) is 196 Å². The molecule has 0 spiro atoms. The average Bonchev–Trinajstić information content (AvgIpc) is 3.49. The van der Waals surface area contributed by atoms with Crippen molar-refractivity contribution in [2.75, 3.05) is 0 Å². The van der Waals surface area contributed by atoms with Crippen LogP contribution in [0.1, 0.15) is 25.0 Å². The molecule has 10 aromatic carbocycles. The summed E-state index contributed by atoms with van der Waals surface area (Å²) in [6.45, 7) is 4.75. The van der Waals surface area contributed by atoms with E-state index in [1.165, 1.54) is 110 Å². The molecule has 0 saturated heterocycles. The van der Waals surface area contributed by atoms with Crippen LogP contribution in [-0.2, 0) is 5.41 Å². The third-order valence-corrected chi connectivity index (χ3v) is 12.2. The Labute approximate surface area is 322 Å². The lowest BCUT2D eigenvalue weighted by Gasteiger charge is -2.23. The Bertz CT molecular complexity index is 3150. The number of benzene rings is 10. The lowest BCUT2D eigenvalue weighted by molar-refractivity contribution is 0.666. The molecule has 0 aliphatic heterocycles. The lowest BCUT2D eigenvalue weighted by Crippen LogP contribution is -2.15. The van der Waals surface area contributed by atoms with Gasteiger partial charge in [-0.15, -0.1) is 0 Å². The first-order chi connectivity index (χ1) is 27.1. The molecule has 1 aliphatic carbocycles. The Morgan fingerprint density at radius 2 is 0.891 bits per heavy atom. The van der Waals surface area contributed by atoms with Crippen LogP contribution in [0.3, 0.4) is 0 Å². The maximum absolute atomic E-state index is 2.42. The molecule has 0 aromatic heterocycles. The highest BCUT2D eigenvalue weighted by atomic mass is 14.4. The van der Waals surface area contributed by atoms with Crippen molar-refractivity contribution in [1.29, 1.82) is 0 Å². The van der Waals surface area contributed by atoms with Crippen LogP contribution in [-0.4, -0.2) is 0 Å². The second kappa shape index (κ2) is 12.1. The summed E-state index contributed by atoms with van der Waals surface area (Å²) in [7, 11) is 0. The van der Waals surface area contributed by atoms with E-state index in [-0.39, 0.29) is 5.41 Å². The van der Waals surface area contributed by atoms with Gasteiger partial charge in [-0.05, 0) is 122 Å². The summed E-state index contributed by atoms with van der Waals surface area (Å²) in [5, 5.41) is 10.2. The number of rotatable bonds is 4. The molecule has 0 amide bonds. The normalized spacial score (nSPS) is 13.1. The van der Waals surface area contributed by atoms with Crippen molar-refractivity contribution >= 4 is 43.1 Å². The summed E-state index contributed by atoms with van der Waals surface area (Å²) in [6.07, 6.45) is 0. The molecule has 0 heterocycles. The highest BCUT2D eigenvalue weighted by Crippen LogP contribution is 2.52. The van der Waals surface area contributed by atoms with Gasteiger partial charge >= 0.3 is 0 Å². The van der Waals surface area contributed by atoms with Crippen LogP contribution < -0.4 is 0 Å². The second-order valence-corrected chi connectivity index (χ2v) is 15.6. The largest absolute Gasteiger partial charge is 0.0622 e. The van der Waals surface area contributed by atoms with Gasteiger partial charge in [-0.3, -0.25) is 0 Å². The summed E-state index contributed by atoms with van der Waals surface area (Å²) in [5.41, 5.74) is 15.4. The van der Waals surface area contributed by atoms with Crippen LogP contribution >= 0.6 is 0 Å². The third-order valence-electron chi connectivity index (χ3n) is 12.2. The predicted octanol–water partition coefficient (Wildman–Crippen LogP) is 15.3. The van der Waals surface area contributed by atoms with E-state index in [9.17, 15) is 0 Å². The van der Waals surface area contributed by atoms with E-state index in [2.05, 4.69) is 208 Å². The topological polar surface area (TPSA) is 0 Å². The molecule has 10 aromatic rings. The molecule has 0 atom stereocenters. The minimum atomic E-state index is -0.0536. The van der Waals surface area contributed by atoms with Crippen molar-refractivity contribution < 1.29 is 0 Å². The molecule has 0 unspecified atom stereocenters. The van der Waals surface area contributed by atoms with Crippen LogP contribution in [0.2, 0.25) is 0 Å². The molecule has 0 fully saturated rings. The van der Waals surface area contributed by atoms with E-state index in [4.69, 9.17) is 0 Å². The smallest absolute Gasteiger partial charge is 0.0165 e. The molecular weight excluding hydrogens is 661 g/mol. The van der Waals surface area contributed by atoms with Gasteiger partial charge in [0.05, 0.1) is 0 Å². The Balaban J connectivity index is 1.17. The van der Waals surface area contributed by atoms with Gasteiger partial charge in [-0.2, -0.15) is 0 Å². The number of hydrogen-bond acceptors (Lipinski definition) is 0. The summed E-state index contributed by atoms with van der Waals surface area (Å²) < 4.78 is 0. The van der Waals surface area contributed by atoms with Crippen molar-refractivity contribution in [3.63, 3.8) is 0 Å². The van der Waals surface area contributed by atoms with Gasteiger partial charge in [0, 0.05) is 5.41 Å². The minimum Gasteiger partial charge on any atom is -0.0622 e. The number of hydrogen-bond donors (Lipinski definition) is 0. The third kappa shape index (κ3) is 4.78. The SMILES string of the molecule is CC1(C)c2ccccc2-c2ccc3cc(-c4ccc(-c5c6ccccc6c(-c6ccccc6)c6c5ccc5ccccc56)c(-c5ccccc5)c4)ccc3c21. The first-order valence-corrected chi connectivity index (χ1v) is 19.4. The van der Waals surface area contributed by atoms with Crippen LogP contribution in [0.25, 0.3) is 98.7 Å². The van der Waals surface area contributed by atoms with Crippen molar-refractivity contribution in [3.05, 3.63) is 205 Å². The van der Waals surface area contributed by atoms with E-state index in [0.29, 0.717) is 0 Å². The van der Waals surface area contributed by atoms with Crippen LogP contribution in [0.15, 0.2) is 194 Å². The van der Waals surface area contributed by atoms with E-state index >= 15 is 0 Å². The van der Waals surface area contributed by atoms with Crippen molar-refractivity contribution in [2.24, 2.45) is 0 Å². The maximum Gasteiger partial charge on any atom is 0.0165 e.